The number of nitrogens with zero attached hydrogens (tertiary/aromatic N) is 4. The number of hydrogen-bond acceptors (Lipinski definition) is 4. The number of aliphatic imine (C=N–C) groups is 1. The number of rotatable bonds is 5. The molecule has 2 rings (SSSR count). The molecule has 1 fully saturated rings. The Bertz CT molecular complexity index is 670. The van der Waals surface area contributed by atoms with Crippen molar-refractivity contribution in [3.8, 4) is 0 Å². The molecule has 0 atom stereocenters. The average molecular weight is 342 g/mol. The third kappa shape index (κ3) is 5.15. The highest BCUT2D eigenvalue weighted by molar-refractivity contribution is 6.00. The van der Waals surface area contributed by atoms with Crippen LogP contribution in [0.2, 0.25) is 0 Å². The summed E-state index contributed by atoms with van der Waals surface area (Å²) in [6.07, 6.45) is 6.20. The molecule has 0 N–H and O–H groups in total. The van der Waals surface area contributed by atoms with E-state index in [1.54, 1.807) is 6.92 Å². The van der Waals surface area contributed by atoms with Gasteiger partial charge in [-0.25, -0.2) is 4.99 Å². The van der Waals surface area contributed by atoms with Crippen LogP contribution in [0.1, 0.15) is 50.4 Å². The fourth-order valence-electron chi connectivity index (χ4n) is 3.01. The third-order valence-electron chi connectivity index (χ3n) is 4.56. The summed E-state index contributed by atoms with van der Waals surface area (Å²) in [5, 5.41) is 0. The highest BCUT2D eigenvalue weighted by Gasteiger charge is 2.20. The monoisotopic (exact) mass is 342 g/mol. The minimum absolute atomic E-state index is 0.153. The standard InChI is InChI=1S/C20H30N4O/c1-6-7-8-20(24-11-9-23(10-12-24)18(5)25)22-17(4)19-13-15(2)14-21-16(19)3/h8,13-14H,6-7,9-12H2,1-5H3/b20-8-,22-17-. The fourth-order valence-corrected chi connectivity index (χ4v) is 3.01. The molecule has 1 saturated heterocycles. The first-order chi connectivity index (χ1) is 11.9. The van der Waals surface area contributed by atoms with Gasteiger partial charge in [-0.2, -0.15) is 0 Å². The summed E-state index contributed by atoms with van der Waals surface area (Å²) in [6, 6.07) is 2.15. The first kappa shape index (κ1) is 19.2. The summed E-state index contributed by atoms with van der Waals surface area (Å²) in [7, 11) is 0. The summed E-state index contributed by atoms with van der Waals surface area (Å²) in [5.74, 6) is 1.17. The minimum atomic E-state index is 0.153. The van der Waals surface area contributed by atoms with E-state index < -0.39 is 0 Å². The van der Waals surface area contributed by atoms with Crippen molar-refractivity contribution in [1.82, 2.24) is 14.8 Å². The predicted molar refractivity (Wildman–Crippen MR) is 103 cm³/mol. The van der Waals surface area contributed by atoms with Gasteiger partial charge in [-0.15, -0.1) is 0 Å². The zero-order valence-corrected chi connectivity index (χ0v) is 16.2. The van der Waals surface area contributed by atoms with Crippen molar-refractivity contribution < 1.29 is 4.79 Å². The summed E-state index contributed by atoms with van der Waals surface area (Å²) >= 11 is 0. The Hall–Kier alpha value is -2.17. The van der Waals surface area contributed by atoms with Crippen LogP contribution in [0.15, 0.2) is 29.2 Å². The minimum Gasteiger partial charge on any atom is -0.353 e. The van der Waals surface area contributed by atoms with Gasteiger partial charge in [-0.1, -0.05) is 13.3 Å². The maximum absolute atomic E-state index is 11.5. The first-order valence-corrected chi connectivity index (χ1v) is 9.12. The average Bonchev–Trinajstić information content (AvgIpc) is 2.60. The van der Waals surface area contributed by atoms with Gasteiger partial charge in [0.25, 0.3) is 0 Å². The van der Waals surface area contributed by atoms with Gasteiger partial charge in [0.2, 0.25) is 5.91 Å². The molecular weight excluding hydrogens is 312 g/mol. The van der Waals surface area contributed by atoms with Crippen molar-refractivity contribution >= 4 is 11.6 Å². The number of aryl methyl sites for hydroxylation is 2. The van der Waals surface area contributed by atoms with Crippen LogP contribution in [0.3, 0.4) is 0 Å². The number of allylic oxidation sites excluding steroid dienone is 1. The Morgan fingerprint density at radius 2 is 1.84 bits per heavy atom. The van der Waals surface area contributed by atoms with Crippen molar-refractivity contribution in [2.75, 3.05) is 26.2 Å². The van der Waals surface area contributed by atoms with Gasteiger partial charge in [0.05, 0.1) is 0 Å². The van der Waals surface area contributed by atoms with E-state index >= 15 is 0 Å². The zero-order chi connectivity index (χ0) is 18.4. The number of aromatic nitrogens is 1. The van der Waals surface area contributed by atoms with Crippen molar-refractivity contribution in [2.24, 2.45) is 4.99 Å². The SMILES string of the molecule is CCC/C=C(/N=C(/C)c1cc(C)cnc1C)N1CCN(C(C)=O)CC1. The molecule has 136 valence electrons. The first-order valence-electron chi connectivity index (χ1n) is 9.12. The molecule has 0 bridgehead atoms. The number of piperazine rings is 1. The molecule has 0 unspecified atom stereocenters. The molecule has 1 aliphatic rings. The van der Waals surface area contributed by atoms with Crippen LogP contribution in [0.5, 0.6) is 0 Å². The van der Waals surface area contributed by atoms with Gasteiger partial charge in [0, 0.05) is 56.3 Å². The van der Waals surface area contributed by atoms with Gasteiger partial charge in [0.1, 0.15) is 5.82 Å². The van der Waals surface area contributed by atoms with E-state index in [0.717, 1.165) is 67.4 Å². The number of hydrogen-bond donors (Lipinski definition) is 0. The Kier molecular flexibility index (Phi) is 6.73. The molecular formula is C20H30N4O. The van der Waals surface area contributed by atoms with E-state index in [1.165, 1.54) is 0 Å². The molecule has 5 heteroatoms. The zero-order valence-electron chi connectivity index (χ0n) is 16.2. The van der Waals surface area contributed by atoms with E-state index in [0.29, 0.717) is 0 Å². The molecule has 0 spiro atoms. The quantitative estimate of drug-likeness (QED) is 0.771. The topological polar surface area (TPSA) is 48.8 Å². The summed E-state index contributed by atoms with van der Waals surface area (Å²) in [5.41, 5.74) is 4.24. The molecule has 0 radical (unpaired) electrons. The summed E-state index contributed by atoms with van der Waals surface area (Å²) in [4.78, 5) is 25.1. The molecule has 1 aromatic rings. The number of amides is 1. The molecule has 0 aliphatic carbocycles. The van der Waals surface area contributed by atoms with Crippen LogP contribution >= 0.6 is 0 Å². The van der Waals surface area contributed by atoms with Crippen LogP contribution < -0.4 is 0 Å². The lowest BCUT2D eigenvalue weighted by Crippen LogP contribution is -2.47. The Labute approximate surface area is 151 Å². The van der Waals surface area contributed by atoms with E-state index in [-0.39, 0.29) is 5.91 Å². The van der Waals surface area contributed by atoms with Crippen LogP contribution in [0, 0.1) is 13.8 Å². The Morgan fingerprint density at radius 1 is 1.20 bits per heavy atom. The third-order valence-corrected chi connectivity index (χ3v) is 4.56. The lowest BCUT2D eigenvalue weighted by molar-refractivity contribution is -0.130. The molecule has 2 heterocycles. The second kappa shape index (κ2) is 8.79. The molecule has 1 aliphatic heterocycles. The van der Waals surface area contributed by atoms with Crippen molar-refractivity contribution in [3.63, 3.8) is 0 Å². The van der Waals surface area contributed by atoms with Gasteiger partial charge < -0.3 is 9.80 Å². The summed E-state index contributed by atoms with van der Waals surface area (Å²) in [6.45, 7) is 13.1. The van der Waals surface area contributed by atoms with Crippen LogP contribution in [0.4, 0.5) is 0 Å². The highest BCUT2D eigenvalue weighted by atomic mass is 16.2. The highest BCUT2D eigenvalue weighted by Crippen LogP contribution is 2.16. The van der Waals surface area contributed by atoms with Crippen LogP contribution in [-0.4, -0.2) is 52.6 Å². The largest absolute Gasteiger partial charge is 0.353 e. The number of carbonyl (C=O) groups is 1. The van der Waals surface area contributed by atoms with Crippen molar-refractivity contribution in [2.45, 2.75) is 47.5 Å². The second-order valence-corrected chi connectivity index (χ2v) is 6.69. The number of carbonyl (C=O) groups excluding carboxylic acids is 1. The predicted octanol–water partition coefficient (Wildman–Crippen LogP) is 3.31. The lowest BCUT2D eigenvalue weighted by atomic mass is 10.1. The smallest absolute Gasteiger partial charge is 0.219 e. The number of unbranched alkanes of at least 4 members (excludes halogenated alkanes) is 1. The number of pyridine rings is 1. The van der Waals surface area contributed by atoms with Crippen LogP contribution in [-0.2, 0) is 4.79 Å². The Balaban J connectivity index is 2.23. The molecule has 1 aromatic heterocycles. The maximum Gasteiger partial charge on any atom is 0.219 e. The molecule has 0 aromatic carbocycles. The van der Waals surface area contributed by atoms with Gasteiger partial charge in [-0.3, -0.25) is 9.78 Å². The summed E-state index contributed by atoms with van der Waals surface area (Å²) < 4.78 is 0. The lowest BCUT2D eigenvalue weighted by Gasteiger charge is -2.35. The Morgan fingerprint density at radius 3 is 2.44 bits per heavy atom. The van der Waals surface area contributed by atoms with Gasteiger partial charge in [-0.05, 0) is 44.9 Å². The van der Waals surface area contributed by atoms with Gasteiger partial charge >= 0.3 is 0 Å². The maximum atomic E-state index is 11.5. The van der Waals surface area contributed by atoms with Gasteiger partial charge in [0.15, 0.2) is 0 Å². The van der Waals surface area contributed by atoms with E-state index in [9.17, 15) is 4.79 Å². The molecule has 25 heavy (non-hydrogen) atoms. The molecule has 1 amide bonds. The van der Waals surface area contributed by atoms with Crippen molar-refractivity contribution in [1.29, 1.82) is 0 Å². The second-order valence-electron chi connectivity index (χ2n) is 6.69. The van der Waals surface area contributed by atoms with Crippen LogP contribution in [0.25, 0.3) is 0 Å². The normalized spacial score (nSPS) is 16.4. The van der Waals surface area contributed by atoms with E-state index in [4.69, 9.17) is 4.99 Å². The van der Waals surface area contributed by atoms with Crippen molar-refractivity contribution in [3.05, 3.63) is 41.0 Å². The molecule has 0 saturated carbocycles. The van der Waals surface area contributed by atoms with E-state index in [1.807, 2.05) is 18.0 Å². The van der Waals surface area contributed by atoms with E-state index in [2.05, 4.69) is 42.8 Å². The molecule has 5 nitrogen and oxygen atoms in total. The fraction of sp³-hybridized carbons (Fsp3) is 0.550.